The van der Waals surface area contributed by atoms with E-state index in [-0.39, 0.29) is 0 Å². The number of nitrogens with one attached hydrogen (secondary N) is 1. The van der Waals surface area contributed by atoms with Crippen LogP contribution >= 0.6 is 0 Å². The van der Waals surface area contributed by atoms with Crippen LogP contribution in [-0.4, -0.2) is 27.9 Å². The Morgan fingerprint density at radius 2 is 2.32 bits per heavy atom. The summed E-state index contributed by atoms with van der Waals surface area (Å²) in [6, 6.07) is 6.34. The van der Waals surface area contributed by atoms with Crippen molar-refractivity contribution in [2.45, 2.75) is 19.3 Å². The van der Waals surface area contributed by atoms with Gasteiger partial charge in [-0.1, -0.05) is 0 Å². The van der Waals surface area contributed by atoms with Crippen molar-refractivity contribution in [3.05, 3.63) is 36.2 Å². The summed E-state index contributed by atoms with van der Waals surface area (Å²) in [6.45, 7) is 2.32. The maximum Gasteiger partial charge on any atom is 0.0885 e. The van der Waals surface area contributed by atoms with Gasteiger partial charge in [0, 0.05) is 19.4 Å². The molecule has 0 radical (unpaired) electrons. The van der Waals surface area contributed by atoms with Crippen molar-refractivity contribution >= 4 is 0 Å². The monoisotopic (exact) mass is 256 g/mol. The Labute approximate surface area is 113 Å². The van der Waals surface area contributed by atoms with Crippen LogP contribution in [0.5, 0.6) is 0 Å². The third-order valence-corrected chi connectivity index (χ3v) is 3.83. The summed E-state index contributed by atoms with van der Waals surface area (Å²) in [5.41, 5.74) is 3.46. The normalized spacial score (nSPS) is 19.5. The lowest BCUT2D eigenvalue weighted by molar-refractivity contribution is 0.376. The average Bonchev–Trinajstić information content (AvgIpc) is 2.86. The second kappa shape index (κ2) is 5.53. The van der Waals surface area contributed by atoms with Crippen molar-refractivity contribution in [2.24, 2.45) is 13.0 Å². The van der Waals surface area contributed by atoms with E-state index in [0.29, 0.717) is 0 Å². The van der Waals surface area contributed by atoms with Crippen molar-refractivity contribution in [2.75, 3.05) is 13.1 Å². The molecule has 1 fully saturated rings. The Morgan fingerprint density at radius 1 is 1.37 bits per heavy atom. The lowest BCUT2D eigenvalue weighted by Crippen LogP contribution is -2.30. The molecule has 3 heterocycles. The molecule has 0 saturated carbocycles. The molecule has 0 bridgehead atoms. The Morgan fingerprint density at radius 3 is 3.05 bits per heavy atom. The first kappa shape index (κ1) is 12.4. The van der Waals surface area contributed by atoms with E-state index >= 15 is 0 Å². The standard InChI is InChI=1S/C15H20N4/c1-19-15(5-8-18-19)14-10-12(4-7-17-14)9-13-3-2-6-16-11-13/h4-5,7-8,10,13,16H,2-3,6,9,11H2,1H3/t13-/m1/s1. The average molecular weight is 256 g/mol. The Bertz CT molecular complexity index is 541. The largest absolute Gasteiger partial charge is 0.316 e. The number of hydrogen-bond donors (Lipinski definition) is 1. The predicted molar refractivity (Wildman–Crippen MR) is 75.7 cm³/mol. The maximum atomic E-state index is 4.46. The summed E-state index contributed by atoms with van der Waals surface area (Å²) in [5.74, 6) is 0.760. The minimum absolute atomic E-state index is 0.760. The molecule has 4 nitrogen and oxygen atoms in total. The van der Waals surface area contributed by atoms with E-state index < -0.39 is 0 Å². The van der Waals surface area contributed by atoms with E-state index in [0.717, 1.165) is 30.3 Å². The molecule has 1 aliphatic heterocycles. The number of aromatic nitrogens is 3. The van der Waals surface area contributed by atoms with Crippen LogP contribution in [0.4, 0.5) is 0 Å². The van der Waals surface area contributed by atoms with Crippen LogP contribution in [0.2, 0.25) is 0 Å². The van der Waals surface area contributed by atoms with E-state index in [1.165, 1.54) is 24.9 Å². The molecule has 4 heteroatoms. The zero-order chi connectivity index (χ0) is 13.1. The lowest BCUT2D eigenvalue weighted by Gasteiger charge is -2.22. The summed E-state index contributed by atoms with van der Waals surface area (Å²) in [7, 11) is 1.95. The molecule has 1 saturated heterocycles. The number of aryl methyl sites for hydroxylation is 1. The highest BCUT2D eigenvalue weighted by atomic mass is 15.3. The maximum absolute atomic E-state index is 4.46. The third kappa shape index (κ3) is 2.84. The van der Waals surface area contributed by atoms with Crippen molar-refractivity contribution < 1.29 is 0 Å². The highest BCUT2D eigenvalue weighted by molar-refractivity contribution is 5.54. The minimum atomic E-state index is 0.760. The molecular weight excluding hydrogens is 236 g/mol. The van der Waals surface area contributed by atoms with Gasteiger partial charge in [0.05, 0.1) is 11.4 Å². The fourth-order valence-corrected chi connectivity index (χ4v) is 2.80. The van der Waals surface area contributed by atoms with Gasteiger partial charge in [-0.3, -0.25) is 9.67 Å². The van der Waals surface area contributed by atoms with Crippen LogP contribution < -0.4 is 5.32 Å². The first-order valence-corrected chi connectivity index (χ1v) is 6.97. The van der Waals surface area contributed by atoms with E-state index in [1.54, 1.807) is 0 Å². The highest BCUT2D eigenvalue weighted by Gasteiger charge is 2.14. The highest BCUT2D eigenvalue weighted by Crippen LogP contribution is 2.20. The summed E-state index contributed by atoms with van der Waals surface area (Å²) in [5, 5.41) is 7.68. The van der Waals surface area contributed by atoms with E-state index in [4.69, 9.17) is 0 Å². The van der Waals surface area contributed by atoms with Crippen molar-refractivity contribution in [3.8, 4) is 11.4 Å². The molecule has 0 amide bonds. The number of hydrogen-bond acceptors (Lipinski definition) is 3. The molecule has 0 spiro atoms. The number of piperidine rings is 1. The van der Waals surface area contributed by atoms with Gasteiger partial charge in [-0.05, 0) is 62.0 Å². The van der Waals surface area contributed by atoms with Crippen LogP contribution in [0, 0.1) is 5.92 Å². The van der Waals surface area contributed by atoms with Gasteiger partial charge >= 0.3 is 0 Å². The Hall–Kier alpha value is -1.68. The van der Waals surface area contributed by atoms with Crippen LogP contribution in [0.1, 0.15) is 18.4 Å². The van der Waals surface area contributed by atoms with Gasteiger partial charge in [0.15, 0.2) is 0 Å². The first-order valence-electron chi connectivity index (χ1n) is 6.97. The van der Waals surface area contributed by atoms with Gasteiger partial charge in [-0.15, -0.1) is 0 Å². The first-order chi connectivity index (χ1) is 9.33. The molecule has 1 aliphatic rings. The number of nitrogens with zero attached hydrogens (tertiary/aromatic N) is 3. The molecular formula is C15H20N4. The topological polar surface area (TPSA) is 42.7 Å². The Balaban J connectivity index is 1.78. The molecule has 2 aromatic rings. The van der Waals surface area contributed by atoms with Gasteiger partial charge < -0.3 is 5.32 Å². The third-order valence-electron chi connectivity index (χ3n) is 3.83. The smallest absolute Gasteiger partial charge is 0.0885 e. The van der Waals surface area contributed by atoms with Crippen LogP contribution in [-0.2, 0) is 13.5 Å². The Kier molecular flexibility index (Phi) is 3.60. The number of rotatable bonds is 3. The molecule has 0 aliphatic carbocycles. The number of pyridine rings is 1. The van der Waals surface area contributed by atoms with Gasteiger partial charge in [0.1, 0.15) is 0 Å². The van der Waals surface area contributed by atoms with Crippen LogP contribution in [0.25, 0.3) is 11.4 Å². The molecule has 2 aromatic heterocycles. The lowest BCUT2D eigenvalue weighted by atomic mass is 9.92. The van der Waals surface area contributed by atoms with E-state index in [2.05, 4.69) is 27.5 Å². The summed E-state index contributed by atoms with van der Waals surface area (Å²) >= 11 is 0. The van der Waals surface area contributed by atoms with Crippen LogP contribution in [0.15, 0.2) is 30.6 Å². The molecule has 100 valence electrons. The fraction of sp³-hybridized carbons (Fsp3) is 0.467. The SMILES string of the molecule is Cn1nccc1-c1cc(C[C@H]2CCCNC2)ccn1. The molecule has 3 rings (SSSR count). The van der Waals surface area contributed by atoms with E-state index in [9.17, 15) is 0 Å². The zero-order valence-electron chi connectivity index (χ0n) is 11.3. The molecule has 0 aromatic carbocycles. The van der Waals surface area contributed by atoms with Gasteiger partial charge in [0.2, 0.25) is 0 Å². The predicted octanol–water partition coefficient (Wildman–Crippen LogP) is 2.02. The van der Waals surface area contributed by atoms with Crippen LogP contribution in [0.3, 0.4) is 0 Å². The van der Waals surface area contributed by atoms with E-state index in [1.807, 2.05) is 30.2 Å². The molecule has 1 N–H and O–H groups in total. The zero-order valence-corrected chi connectivity index (χ0v) is 11.3. The van der Waals surface area contributed by atoms with Gasteiger partial charge in [-0.2, -0.15) is 5.10 Å². The second-order valence-electron chi connectivity index (χ2n) is 5.31. The van der Waals surface area contributed by atoms with Crippen molar-refractivity contribution in [3.63, 3.8) is 0 Å². The summed E-state index contributed by atoms with van der Waals surface area (Å²) in [4.78, 5) is 4.46. The molecule has 1 atom stereocenters. The molecule has 0 unspecified atom stereocenters. The summed E-state index contributed by atoms with van der Waals surface area (Å²) in [6.07, 6.45) is 7.49. The van der Waals surface area contributed by atoms with Gasteiger partial charge in [0.25, 0.3) is 0 Å². The van der Waals surface area contributed by atoms with Crippen molar-refractivity contribution in [1.29, 1.82) is 0 Å². The fourth-order valence-electron chi connectivity index (χ4n) is 2.80. The van der Waals surface area contributed by atoms with Crippen molar-refractivity contribution in [1.82, 2.24) is 20.1 Å². The molecule has 19 heavy (non-hydrogen) atoms. The minimum Gasteiger partial charge on any atom is -0.316 e. The second-order valence-corrected chi connectivity index (χ2v) is 5.31. The van der Waals surface area contributed by atoms with Gasteiger partial charge in [-0.25, -0.2) is 0 Å². The quantitative estimate of drug-likeness (QED) is 0.913. The summed E-state index contributed by atoms with van der Waals surface area (Å²) < 4.78 is 1.87.